The molecule has 0 bridgehead atoms. The molecule has 0 N–H and O–H groups in total. The van der Waals surface area contributed by atoms with Gasteiger partial charge in [0.25, 0.3) is 0 Å². The average Bonchev–Trinajstić information content (AvgIpc) is 2.20. The summed E-state index contributed by atoms with van der Waals surface area (Å²) < 4.78 is 0. The highest BCUT2D eigenvalue weighted by Crippen LogP contribution is 2.19. The molecule has 1 aliphatic carbocycles. The van der Waals surface area contributed by atoms with Crippen LogP contribution in [0.1, 0.15) is 52.9 Å². The molecule has 1 aliphatic rings. The van der Waals surface area contributed by atoms with Crippen molar-refractivity contribution < 1.29 is 0 Å². The summed E-state index contributed by atoms with van der Waals surface area (Å²) in [6, 6.07) is 0. The van der Waals surface area contributed by atoms with Gasteiger partial charge < -0.3 is 0 Å². The van der Waals surface area contributed by atoms with E-state index in [0.717, 1.165) is 5.92 Å². The van der Waals surface area contributed by atoms with Gasteiger partial charge in [-0.25, -0.2) is 0 Å². The Labute approximate surface area is 94.8 Å². The molecule has 0 spiro atoms. The third-order valence-corrected chi connectivity index (χ3v) is 3.17. The Morgan fingerprint density at radius 3 is 2.20 bits per heavy atom. The molecular formula is C15H24. The van der Waals surface area contributed by atoms with E-state index in [-0.39, 0.29) is 0 Å². The van der Waals surface area contributed by atoms with Gasteiger partial charge in [-0.15, -0.1) is 0 Å². The Kier molecular flexibility index (Phi) is 5.45. The minimum atomic E-state index is 0.879. The van der Waals surface area contributed by atoms with Gasteiger partial charge in [-0.1, -0.05) is 48.8 Å². The molecule has 0 heterocycles. The molecule has 1 unspecified atom stereocenters. The van der Waals surface area contributed by atoms with Crippen molar-refractivity contribution >= 4 is 0 Å². The van der Waals surface area contributed by atoms with Gasteiger partial charge in [0.2, 0.25) is 0 Å². The van der Waals surface area contributed by atoms with Gasteiger partial charge in [0, 0.05) is 0 Å². The molecule has 0 heteroatoms. The Hall–Kier alpha value is -0.780. The lowest BCUT2D eigenvalue weighted by Gasteiger charge is -2.11. The van der Waals surface area contributed by atoms with Crippen molar-refractivity contribution in [2.75, 3.05) is 0 Å². The third-order valence-electron chi connectivity index (χ3n) is 3.17. The molecule has 15 heavy (non-hydrogen) atoms. The van der Waals surface area contributed by atoms with Gasteiger partial charge in [-0.05, 0) is 45.4 Å². The second-order valence-electron chi connectivity index (χ2n) is 4.95. The van der Waals surface area contributed by atoms with Crippen LogP contribution in [0.15, 0.2) is 35.5 Å². The molecule has 0 aromatic carbocycles. The lowest BCUT2D eigenvalue weighted by Crippen LogP contribution is -1.96. The molecule has 84 valence electrons. The maximum atomic E-state index is 2.38. The molecule has 0 aromatic heterocycles. The lowest BCUT2D eigenvalue weighted by molar-refractivity contribution is 0.474. The summed E-state index contributed by atoms with van der Waals surface area (Å²) in [5, 5.41) is 0. The molecular weight excluding hydrogens is 180 g/mol. The molecule has 0 nitrogen and oxygen atoms in total. The van der Waals surface area contributed by atoms with Crippen molar-refractivity contribution in [2.45, 2.75) is 52.9 Å². The summed E-state index contributed by atoms with van der Waals surface area (Å²) in [7, 11) is 0. The molecule has 0 aliphatic heterocycles. The van der Waals surface area contributed by atoms with Crippen LogP contribution in [0.2, 0.25) is 0 Å². The average molecular weight is 204 g/mol. The Balaban J connectivity index is 2.63. The van der Waals surface area contributed by atoms with E-state index in [1.165, 1.54) is 43.3 Å². The zero-order valence-electron chi connectivity index (χ0n) is 10.4. The van der Waals surface area contributed by atoms with Gasteiger partial charge in [0.15, 0.2) is 0 Å². The third kappa shape index (κ3) is 5.61. The van der Waals surface area contributed by atoms with Crippen molar-refractivity contribution in [2.24, 2.45) is 5.92 Å². The highest BCUT2D eigenvalue weighted by Gasteiger charge is 2.03. The first-order chi connectivity index (χ1) is 7.18. The number of allylic oxidation sites excluding steroid dienone is 6. The predicted molar refractivity (Wildman–Crippen MR) is 68.9 cm³/mol. The minimum absolute atomic E-state index is 0.879. The normalized spacial score (nSPS) is 24.9. The minimum Gasteiger partial charge on any atom is -0.0733 e. The summed E-state index contributed by atoms with van der Waals surface area (Å²) in [5.74, 6) is 0.879. The number of rotatable bonds is 0. The quantitative estimate of drug-likeness (QED) is 0.519. The van der Waals surface area contributed by atoms with Gasteiger partial charge in [0.05, 0.1) is 0 Å². The van der Waals surface area contributed by atoms with Crippen LogP contribution in [0, 0.1) is 5.92 Å². The van der Waals surface area contributed by atoms with Crippen LogP contribution in [0.3, 0.4) is 0 Å². The van der Waals surface area contributed by atoms with Crippen LogP contribution < -0.4 is 0 Å². The van der Waals surface area contributed by atoms with E-state index in [0.29, 0.717) is 0 Å². The summed E-state index contributed by atoms with van der Waals surface area (Å²) in [6.07, 6.45) is 15.4. The molecule has 1 atom stereocenters. The predicted octanol–water partition coefficient (Wildman–Crippen LogP) is 5.04. The summed E-state index contributed by atoms with van der Waals surface area (Å²) in [4.78, 5) is 0. The zero-order valence-corrected chi connectivity index (χ0v) is 10.4. The summed E-state index contributed by atoms with van der Waals surface area (Å²) in [5.41, 5.74) is 3.01. The van der Waals surface area contributed by atoms with E-state index >= 15 is 0 Å². The van der Waals surface area contributed by atoms with Crippen molar-refractivity contribution in [3.63, 3.8) is 0 Å². The molecule has 0 radical (unpaired) electrons. The van der Waals surface area contributed by atoms with E-state index in [1.807, 2.05) is 0 Å². The van der Waals surface area contributed by atoms with Crippen molar-refractivity contribution in [3.8, 4) is 0 Å². The maximum absolute atomic E-state index is 2.38. The van der Waals surface area contributed by atoms with E-state index < -0.39 is 0 Å². The number of hydrogen-bond acceptors (Lipinski definition) is 0. The van der Waals surface area contributed by atoms with E-state index in [4.69, 9.17) is 0 Å². The first kappa shape index (κ1) is 12.3. The van der Waals surface area contributed by atoms with Crippen molar-refractivity contribution in [3.05, 3.63) is 35.5 Å². The molecule has 0 saturated carbocycles. The van der Waals surface area contributed by atoms with E-state index in [9.17, 15) is 0 Å². The fraction of sp³-hybridized carbons (Fsp3) is 0.600. The molecule has 0 amide bonds. The smallest absolute Gasteiger partial charge is 0.0317 e. The Bertz CT molecular complexity index is 266. The maximum Gasteiger partial charge on any atom is -0.0317 e. The second kappa shape index (κ2) is 6.66. The van der Waals surface area contributed by atoms with E-state index in [1.54, 1.807) is 0 Å². The van der Waals surface area contributed by atoms with Crippen LogP contribution >= 0.6 is 0 Å². The van der Waals surface area contributed by atoms with Crippen LogP contribution in [0.4, 0.5) is 0 Å². The van der Waals surface area contributed by atoms with Gasteiger partial charge in [-0.3, -0.25) is 0 Å². The molecule has 0 saturated heterocycles. The van der Waals surface area contributed by atoms with Crippen molar-refractivity contribution in [1.82, 2.24) is 0 Å². The highest BCUT2D eigenvalue weighted by atomic mass is 14.1. The Morgan fingerprint density at radius 2 is 1.53 bits per heavy atom. The van der Waals surface area contributed by atoms with Crippen LogP contribution in [-0.4, -0.2) is 0 Å². The van der Waals surface area contributed by atoms with Crippen molar-refractivity contribution in [1.29, 1.82) is 0 Å². The fourth-order valence-corrected chi connectivity index (χ4v) is 1.95. The number of hydrogen-bond donors (Lipinski definition) is 0. The van der Waals surface area contributed by atoms with Gasteiger partial charge >= 0.3 is 0 Å². The zero-order chi connectivity index (χ0) is 11.1. The first-order valence-corrected chi connectivity index (χ1v) is 6.18. The molecule has 1 rings (SSSR count). The van der Waals surface area contributed by atoms with Crippen LogP contribution in [-0.2, 0) is 0 Å². The SMILES string of the molecule is CC1=CC=CC=C(C)CCC(C)CCC1. The topological polar surface area (TPSA) is 0 Å². The van der Waals surface area contributed by atoms with Gasteiger partial charge in [-0.2, -0.15) is 0 Å². The van der Waals surface area contributed by atoms with Crippen LogP contribution in [0.5, 0.6) is 0 Å². The highest BCUT2D eigenvalue weighted by molar-refractivity contribution is 5.18. The summed E-state index contributed by atoms with van der Waals surface area (Å²) in [6.45, 7) is 6.85. The second-order valence-corrected chi connectivity index (χ2v) is 4.95. The standard InChI is InChI=1S/C15H24/c1-13-7-4-5-8-14(2)11-12-15(3)10-6-9-13/h4-5,7-8,15H,6,9-12H2,1-3H3. The Morgan fingerprint density at radius 1 is 0.933 bits per heavy atom. The largest absolute Gasteiger partial charge is 0.0733 e. The fourth-order valence-electron chi connectivity index (χ4n) is 1.95. The van der Waals surface area contributed by atoms with Gasteiger partial charge in [0.1, 0.15) is 0 Å². The lowest BCUT2D eigenvalue weighted by atomic mass is 9.95. The molecule has 0 fully saturated rings. The monoisotopic (exact) mass is 204 g/mol. The molecule has 0 aromatic rings. The first-order valence-electron chi connectivity index (χ1n) is 6.18. The summed E-state index contributed by atoms with van der Waals surface area (Å²) >= 11 is 0. The van der Waals surface area contributed by atoms with E-state index in [2.05, 4.69) is 45.1 Å². The van der Waals surface area contributed by atoms with Crippen LogP contribution in [0.25, 0.3) is 0 Å².